The van der Waals surface area contributed by atoms with Crippen LogP contribution >= 0.6 is 11.8 Å². The van der Waals surface area contributed by atoms with E-state index in [1.54, 1.807) is 11.8 Å². The number of carboxylic acids is 1. The Morgan fingerprint density at radius 3 is 2.42 bits per heavy atom. The minimum atomic E-state index is -1.19. The van der Waals surface area contributed by atoms with Crippen LogP contribution in [0.15, 0.2) is 0 Å². The molecule has 0 fully saturated rings. The van der Waals surface area contributed by atoms with Crippen molar-refractivity contribution in [1.29, 1.82) is 0 Å². The molecule has 5 N–H and O–H groups in total. The van der Waals surface area contributed by atoms with Crippen molar-refractivity contribution in [2.75, 3.05) is 12.8 Å². The zero-order chi connectivity index (χ0) is 14.8. The normalized spacial score (nSPS) is 13.4. The molecule has 0 bridgehead atoms. The van der Waals surface area contributed by atoms with Crippen LogP contribution in [-0.4, -0.2) is 47.1 Å². The van der Waals surface area contributed by atoms with Crippen molar-refractivity contribution < 1.29 is 19.5 Å². The highest BCUT2D eigenvalue weighted by Crippen LogP contribution is 2.07. The Hall–Kier alpha value is -1.44. The van der Waals surface area contributed by atoms with Gasteiger partial charge >= 0.3 is 12.0 Å². The van der Waals surface area contributed by atoms with Gasteiger partial charge in [0.15, 0.2) is 0 Å². The maximum Gasteiger partial charge on any atom is 0.326 e. The van der Waals surface area contributed by atoms with Crippen LogP contribution in [-0.2, 0) is 9.59 Å². The predicted octanol–water partition coefficient (Wildman–Crippen LogP) is 0.146. The van der Waals surface area contributed by atoms with E-state index in [4.69, 9.17) is 10.8 Å². The van der Waals surface area contributed by atoms with Gasteiger partial charge in [0.1, 0.15) is 6.04 Å². The number of hydrogen-bond acceptors (Lipinski definition) is 4. The first-order valence-corrected chi connectivity index (χ1v) is 7.23. The Balaban J connectivity index is 4.03. The zero-order valence-corrected chi connectivity index (χ0v) is 12.0. The van der Waals surface area contributed by atoms with Gasteiger partial charge in [0.05, 0.1) is 0 Å². The van der Waals surface area contributed by atoms with E-state index in [9.17, 15) is 14.4 Å². The number of rotatable bonds is 9. The Morgan fingerprint density at radius 1 is 1.32 bits per heavy atom. The highest BCUT2D eigenvalue weighted by molar-refractivity contribution is 7.99. The van der Waals surface area contributed by atoms with Crippen molar-refractivity contribution in [3.05, 3.63) is 0 Å². The number of carboxylic acid groups (broad SMARTS) is 1. The topological polar surface area (TPSA) is 122 Å². The van der Waals surface area contributed by atoms with E-state index in [-0.39, 0.29) is 12.8 Å². The molecule has 0 aliphatic carbocycles. The van der Waals surface area contributed by atoms with Gasteiger partial charge in [-0.15, -0.1) is 0 Å². The summed E-state index contributed by atoms with van der Waals surface area (Å²) in [6.07, 6.45) is 2.68. The van der Waals surface area contributed by atoms with Gasteiger partial charge < -0.3 is 21.5 Å². The second-order valence-corrected chi connectivity index (χ2v) is 5.41. The third-order valence-electron chi connectivity index (χ3n) is 2.52. The Labute approximate surface area is 116 Å². The number of hydrogen-bond donors (Lipinski definition) is 4. The molecule has 19 heavy (non-hydrogen) atoms. The monoisotopic (exact) mass is 291 g/mol. The highest BCUT2D eigenvalue weighted by Gasteiger charge is 2.20. The van der Waals surface area contributed by atoms with Crippen LogP contribution in [0.4, 0.5) is 4.79 Å². The molecule has 0 aromatic carbocycles. The molecule has 0 saturated heterocycles. The third-order valence-corrected chi connectivity index (χ3v) is 3.56. The van der Waals surface area contributed by atoms with E-state index >= 15 is 0 Å². The maximum absolute atomic E-state index is 11.5. The average molecular weight is 291 g/mol. The Morgan fingerprint density at radius 2 is 1.95 bits per heavy atom. The molecule has 7 nitrogen and oxygen atoms in total. The first-order chi connectivity index (χ1) is 8.86. The van der Waals surface area contributed by atoms with Crippen molar-refractivity contribution in [3.8, 4) is 0 Å². The molecule has 0 rings (SSSR count). The summed E-state index contributed by atoms with van der Waals surface area (Å²) in [6, 6.07) is -1.66. The van der Waals surface area contributed by atoms with Gasteiger partial charge in [-0.2, -0.15) is 11.8 Å². The van der Waals surface area contributed by atoms with Crippen LogP contribution in [0, 0.1) is 0 Å². The fourth-order valence-electron chi connectivity index (χ4n) is 1.26. The van der Waals surface area contributed by atoms with Crippen LogP contribution in [0.1, 0.15) is 26.2 Å². The van der Waals surface area contributed by atoms with Gasteiger partial charge in [-0.1, -0.05) is 6.92 Å². The van der Waals surface area contributed by atoms with Crippen molar-refractivity contribution >= 4 is 29.7 Å². The van der Waals surface area contributed by atoms with Crippen LogP contribution in [0.25, 0.3) is 0 Å². The van der Waals surface area contributed by atoms with E-state index < -0.39 is 23.9 Å². The van der Waals surface area contributed by atoms with Crippen molar-refractivity contribution in [2.45, 2.75) is 37.5 Å². The quantitative estimate of drug-likeness (QED) is 0.481. The number of nitrogens with two attached hydrogens (primary N) is 1. The second kappa shape index (κ2) is 9.48. The molecule has 0 spiro atoms. The fourth-order valence-corrected chi connectivity index (χ4v) is 1.61. The van der Waals surface area contributed by atoms with Gasteiger partial charge in [-0.05, 0) is 19.1 Å². The lowest BCUT2D eigenvalue weighted by atomic mass is 10.1. The van der Waals surface area contributed by atoms with Gasteiger partial charge in [0.25, 0.3) is 0 Å². The molecule has 8 heteroatoms. The largest absolute Gasteiger partial charge is 0.480 e. The average Bonchev–Trinajstić information content (AvgIpc) is 2.33. The molecule has 0 aromatic heterocycles. The molecule has 2 atom stereocenters. The van der Waals surface area contributed by atoms with Crippen molar-refractivity contribution in [3.63, 3.8) is 0 Å². The lowest BCUT2D eigenvalue weighted by molar-refractivity contribution is -0.139. The SMILES string of the molecule is CSC(C)CCNC(=O)N[C@@H](CCC(N)=O)C(=O)O. The smallest absolute Gasteiger partial charge is 0.326 e. The maximum atomic E-state index is 11.5. The van der Waals surface area contributed by atoms with Crippen LogP contribution < -0.4 is 16.4 Å². The molecular weight excluding hydrogens is 270 g/mol. The van der Waals surface area contributed by atoms with E-state index in [1.165, 1.54) is 0 Å². The first-order valence-electron chi connectivity index (χ1n) is 5.95. The van der Waals surface area contributed by atoms with E-state index in [1.807, 2.05) is 13.2 Å². The number of carbonyl (C=O) groups excluding carboxylic acids is 2. The van der Waals surface area contributed by atoms with Gasteiger partial charge in [0, 0.05) is 18.2 Å². The van der Waals surface area contributed by atoms with E-state index in [0.29, 0.717) is 11.8 Å². The van der Waals surface area contributed by atoms with E-state index in [2.05, 4.69) is 10.6 Å². The van der Waals surface area contributed by atoms with E-state index in [0.717, 1.165) is 6.42 Å². The second-order valence-electron chi connectivity index (χ2n) is 4.13. The Bertz CT molecular complexity index is 325. The molecular formula is C11H21N3O4S. The summed E-state index contributed by atoms with van der Waals surface area (Å²) < 4.78 is 0. The van der Waals surface area contributed by atoms with Crippen LogP contribution in [0.2, 0.25) is 0 Å². The standard InChI is InChI=1S/C11H21N3O4S/c1-7(19-2)5-6-13-11(18)14-8(10(16)17)3-4-9(12)15/h7-8H,3-6H2,1-2H3,(H2,12,15)(H,16,17)(H2,13,14,18)/t7?,8-/m0/s1. The van der Waals surface area contributed by atoms with Crippen molar-refractivity contribution in [2.24, 2.45) is 5.73 Å². The molecule has 0 aliphatic heterocycles. The summed E-state index contributed by atoms with van der Waals surface area (Å²) in [7, 11) is 0. The molecule has 0 heterocycles. The fraction of sp³-hybridized carbons (Fsp3) is 0.727. The minimum Gasteiger partial charge on any atom is -0.480 e. The first kappa shape index (κ1) is 17.6. The van der Waals surface area contributed by atoms with Crippen molar-refractivity contribution in [1.82, 2.24) is 10.6 Å². The number of urea groups is 1. The molecule has 0 saturated carbocycles. The third kappa shape index (κ3) is 9.18. The summed E-state index contributed by atoms with van der Waals surface area (Å²) in [4.78, 5) is 32.9. The highest BCUT2D eigenvalue weighted by atomic mass is 32.2. The molecule has 0 radical (unpaired) electrons. The summed E-state index contributed by atoms with van der Waals surface area (Å²) >= 11 is 1.69. The zero-order valence-electron chi connectivity index (χ0n) is 11.1. The molecule has 3 amide bonds. The summed E-state index contributed by atoms with van der Waals surface area (Å²) in [5.74, 6) is -1.78. The van der Waals surface area contributed by atoms with Crippen LogP contribution in [0.3, 0.4) is 0 Å². The van der Waals surface area contributed by atoms with Gasteiger partial charge in [0.2, 0.25) is 5.91 Å². The predicted molar refractivity (Wildman–Crippen MR) is 74.0 cm³/mol. The minimum absolute atomic E-state index is 0.0146. The molecule has 0 aliphatic rings. The van der Waals surface area contributed by atoms with Gasteiger partial charge in [-0.25, -0.2) is 9.59 Å². The number of aliphatic carboxylic acids is 1. The number of carbonyl (C=O) groups is 3. The number of nitrogens with one attached hydrogen (secondary N) is 2. The lowest BCUT2D eigenvalue weighted by Crippen LogP contribution is -2.46. The molecule has 110 valence electrons. The van der Waals surface area contributed by atoms with Gasteiger partial charge in [-0.3, -0.25) is 4.79 Å². The number of thioether (sulfide) groups is 1. The summed E-state index contributed by atoms with van der Waals surface area (Å²) in [6.45, 7) is 2.51. The van der Waals surface area contributed by atoms with Crippen LogP contribution in [0.5, 0.6) is 0 Å². The molecule has 1 unspecified atom stereocenters. The summed E-state index contributed by atoms with van der Waals surface area (Å²) in [5, 5.41) is 14.2. The number of amides is 3. The molecule has 0 aromatic rings. The summed E-state index contributed by atoms with van der Waals surface area (Å²) in [5.41, 5.74) is 4.94. The number of primary amides is 1. The Kier molecular flexibility index (Phi) is 8.77. The lowest BCUT2D eigenvalue weighted by Gasteiger charge is -2.15.